The van der Waals surface area contributed by atoms with Gasteiger partial charge in [0.2, 0.25) is 0 Å². The van der Waals surface area contributed by atoms with E-state index in [4.69, 9.17) is 9.97 Å². The highest BCUT2D eigenvalue weighted by atomic mass is 32.1. The summed E-state index contributed by atoms with van der Waals surface area (Å²) in [6.07, 6.45) is 3.75. The number of aromatic nitrogens is 3. The van der Waals surface area contributed by atoms with Crippen LogP contribution in [-0.2, 0) is 0 Å². The van der Waals surface area contributed by atoms with E-state index in [1.54, 1.807) is 0 Å². The first-order valence-electron chi connectivity index (χ1n) is 20.0. The summed E-state index contributed by atoms with van der Waals surface area (Å²) in [7, 11) is 0. The number of nitrogens with zero attached hydrogens (tertiary/aromatic N) is 3. The molecule has 0 N–H and O–H groups in total. The molecule has 0 bridgehead atoms. The summed E-state index contributed by atoms with van der Waals surface area (Å²) in [6, 6.07) is 64.1. The summed E-state index contributed by atoms with van der Waals surface area (Å²) >= 11 is 1.88. The molecule has 9 aromatic carbocycles. The topological polar surface area (TPSA) is 38.7 Å². The van der Waals surface area contributed by atoms with Crippen LogP contribution in [0.4, 0.5) is 0 Å². The maximum absolute atomic E-state index is 5.29. The van der Waals surface area contributed by atoms with Crippen LogP contribution < -0.4 is 0 Å². The number of hydrogen-bond donors (Lipinski definition) is 0. The average Bonchev–Trinajstić information content (AvgIpc) is 3.70. The smallest absolute Gasteiger partial charge is 0.0970 e. The van der Waals surface area contributed by atoms with Crippen molar-refractivity contribution < 1.29 is 0 Å². The number of pyridine rings is 3. The molecule has 0 saturated heterocycles. The Morgan fingerprint density at radius 1 is 0.356 bits per heavy atom. The Morgan fingerprint density at radius 2 is 0.966 bits per heavy atom. The van der Waals surface area contributed by atoms with Gasteiger partial charge in [0.15, 0.2) is 0 Å². The van der Waals surface area contributed by atoms with Gasteiger partial charge in [-0.3, -0.25) is 9.97 Å². The second-order valence-electron chi connectivity index (χ2n) is 15.5. The van der Waals surface area contributed by atoms with Gasteiger partial charge >= 0.3 is 0 Å². The van der Waals surface area contributed by atoms with Crippen LogP contribution in [-0.4, -0.2) is 15.0 Å². The van der Waals surface area contributed by atoms with E-state index in [0.29, 0.717) is 0 Å². The molecule has 272 valence electrons. The first-order valence-corrected chi connectivity index (χ1v) is 20.8. The van der Waals surface area contributed by atoms with Gasteiger partial charge in [0, 0.05) is 65.1 Å². The molecule has 13 aromatic rings. The first kappa shape index (κ1) is 32.5. The highest BCUT2D eigenvalue weighted by molar-refractivity contribution is 7.26. The third-order valence-corrected chi connectivity index (χ3v) is 13.5. The molecule has 0 atom stereocenters. The second kappa shape index (κ2) is 12.5. The van der Waals surface area contributed by atoms with Gasteiger partial charge in [-0.25, -0.2) is 4.98 Å². The lowest BCUT2D eigenvalue weighted by atomic mass is 9.89. The van der Waals surface area contributed by atoms with E-state index in [-0.39, 0.29) is 0 Å². The zero-order chi connectivity index (χ0) is 38.6. The number of benzene rings is 9. The van der Waals surface area contributed by atoms with Crippen LogP contribution in [0.3, 0.4) is 0 Å². The normalized spacial score (nSPS) is 12.1. The Labute approximate surface area is 342 Å². The van der Waals surface area contributed by atoms with Crippen molar-refractivity contribution in [1.29, 1.82) is 0 Å². The molecular weight excluding hydrogens is 735 g/mol. The minimum Gasteiger partial charge on any atom is -0.254 e. The van der Waals surface area contributed by atoms with Gasteiger partial charge in [-0.15, -0.1) is 11.3 Å². The number of thiophene rings is 1. The van der Waals surface area contributed by atoms with Crippen molar-refractivity contribution in [3.05, 3.63) is 188 Å². The molecule has 0 unspecified atom stereocenters. The third-order valence-electron chi connectivity index (χ3n) is 12.3. The predicted octanol–water partition coefficient (Wildman–Crippen LogP) is 15.3. The summed E-state index contributed by atoms with van der Waals surface area (Å²) in [4.78, 5) is 14.8. The molecule has 0 aliphatic rings. The van der Waals surface area contributed by atoms with Crippen LogP contribution in [0.15, 0.2) is 188 Å². The second-order valence-corrected chi connectivity index (χ2v) is 16.5. The van der Waals surface area contributed by atoms with Crippen LogP contribution in [0.2, 0.25) is 0 Å². The zero-order valence-corrected chi connectivity index (χ0v) is 32.5. The zero-order valence-electron chi connectivity index (χ0n) is 31.6. The average molecular weight is 766 g/mol. The van der Waals surface area contributed by atoms with Gasteiger partial charge in [-0.1, -0.05) is 140 Å². The Kier molecular flexibility index (Phi) is 6.89. The maximum atomic E-state index is 5.29. The fourth-order valence-corrected chi connectivity index (χ4v) is 10.8. The van der Waals surface area contributed by atoms with Crippen molar-refractivity contribution >= 4 is 107 Å². The Bertz CT molecular complexity index is 3880. The van der Waals surface area contributed by atoms with Crippen LogP contribution in [0.5, 0.6) is 0 Å². The molecular formula is C55H31N3S. The Morgan fingerprint density at radius 3 is 1.80 bits per heavy atom. The van der Waals surface area contributed by atoms with Crippen molar-refractivity contribution in [2.45, 2.75) is 0 Å². The molecule has 0 saturated carbocycles. The molecule has 0 fully saturated rings. The van der Waals surface area contributed by atoms with Crippen molar-refractivity contribution in [3.63, 3.8) is 0 Å². The maximum Gasteiger partial charge on any atom is 0.0970 e. The minimum absolute atomic E-state index is 0.931. The summed E-state index contributed by atoms with van der Waals surface area (Å²) in [5, 5.41) is 16.0. The Balaban J connectivity index is 0.936. The molecule has 59 heavy (non-hydrogen) atoms. The predicted molar refractivity (Wildman–Crippen MR) is 252 cm³/mol. The highest BCUT2D eigenvalue weighted by Crippen LogP contribution is 2.44. The standard InChI is InChI=1S/C55H31N3S/c1-2-10-39-38(9-1)47-30-35(20-22-40(47)41-23-21-36(31-48(39)41)37-27-29-57-54-43(37)24-19-33-8-7-28-56-53(33)54)32-15-17-34(18-16-32)52-46-26-25-44-42-11-4-6-14-50(42)59-55(44)51(46)45-12-3-5-13-49(45)58-52/h1-31H. The molecule has 0 aliphatic heterocycles. The third kappa shape index (κ3) is 4.84. The van der Waals surface area contributed by atoms with Gasteiger partial charge in [0.05, 0.1) is 22.2 Å². The van der Waals surface area contributed by atoms with Gasteiger partial charge in [0.25, 0.3) is 0 Å². The van der Waals surface area contributed by atoms with Gasteiger partial charge in [-0.2, -0.15) is 0 Å². The van der Waals surface area contributed by atoms with Crippen LogP contribution >= 0.6 is 11.3 Å². The van der Waals surface area contributed by atoms with Crippen LogP contribution in [0.1, 0.15) is 0 Å². The van der Waals surface area contributed by atoms with Gasteiger partial charge in [-0.05, 0) is 91.0 Å². The van der Waals surface area contributed by atoms with Crippen LogP contribution in [0, 0.1) is 0 Å². The summed E-state index contributed by atoms with van der Waals surface area (Å²) < 4.78 is 2.64. The van der Waals surface area contributed by atoms with E-state index >= 15 is 0 Å². The highest BCUT2D eigenvalue weighted by Gasteiger charge is 2.17. The summed E-state index contributed by atoms with van der Waals surface area (Å²) in [5.74, 6) is 0. The fourth-order valence-electron chi connectivity index (χ4n) is 9.57. The molecule has 0 aliphatic carbocycles. The summed E-state index contributed by atoms with van der Waals surface area (Å²) in [5.41, 5.74) is 9.72. The molecule has 0 amide bonds. The number of para-hydroxylation sites is 1. The minimum atomic E-state index is 0.931. The quantitative estimate of drug-likeness (QED) is 0.168. The van der Waals surface area contributed by atoms with E-state index in [1.807, 2.05) is 29.8 Å². The van der Waals surface area contributed by atoms with Gasteiger partial charge in [0.1, 0.15) is 0 Å². The molecule has 3 nitrogen and oxygen atoms in total. The van der Waals surface area contributed by atoms with Crippen molar-refractivity contribution in [1.82, 2.24) is 15.0 Å². The first-order chi connectivity index (χ1) is 29.2. The van der Waals surface area contributed by atoms with Gasteiger partial charge < -0.3 is 0 Å². The monoisotopic (exact) mass is 765 g/mol. The molecule has 13 rings (SSSR count). The SMILES string of the molecule is c1cnc2c(c1)ccc1c(-c3ccc4c5ccc(-c6ccc(-c7nc8ccccc8c8c7ccc7c9ccccc9sc78)cc6)cc5c5ccccc5c4c3)ccnc12. The largest absolute Gasteiger partial charge is 0.254 e. The van der Waals surface area contributed by atoms with E-state index in [0.717, 1.165) is 44.1 Å². The van der Waals surface area contributed by atoms with Crippen molar-refractivity contribution in [2.24, 2.45) is 0 Å². The van der Waals surface area contributed by atoms with E-state index in [2.05, 4.69) is 175 Å². The number of fused-ring (bicyclic) bond motifs is 16. The van der Waals surface area contributed by atoms with Crippen molar-refractivity contribution in [2.75, 3.05) is 0 Å². The van der Waals surface area contributed by atoms with Crippen LogP contribution in [0.25, 0.3) is 129 Å². The summed E-state index contributed by atoms with van der Waals surface area (Å²) in [6.45, 7) is 0. The fraction of sp³-hybridized carbons (Fsp3) is 0. The molecule has 4 aromatic heterocycles. The number of rotatable bonds is 3. The molecule has 4 heterocycles. The lowest BCUT2D eigenvalue weighted by Crippen LogP contribution is -1.90. The molecule has 0 radical (unpaired) electrons. The molecule has 4 heteroatoms. The lowest BCUT2D eigenvalue weighted by Gasteiger charge is -2.15. The lowest BCUT2D eigenvalue weighted by molar-refractivity contribution is 1.37. The van der Waals surface area contributed by atoms with E-state index in [1.165, 1.54) is 85.3 Å². The Hall–Kier alpha value is -7.53. The molecule has 0 spiro atoms. The van der Waals surface area contributed by atoms with E-state index < -0.39 is 0 Å². The number of hydrogen-bond acceptors (Lipinski definition) is 4. The van der Waals surface area contributed by atoms with E-state index in [9.17, 15) is 0 Å². The van der Waals surface area contributed by atoms with Crippen molar-refractivity contribution in [3.8, 4) is 33.5 Å².